The van der Waals surface area contributed by atoms with Gasteiger partial charge in [-0.3, -0.25) is 0 Å². The molecule has 0 bridgehead atoms. The molecule has 106 valence electrons. The Morgan fingerprint density at radius 3 is 2.55 bits per heavy atom. The van der Waals surface area contributed by atoms with Crippen LogP contribution in [0.1, 0.15) is 18.9 Å². The number of halogens is 3. The van der Waals surface area contributed by atoms with Gasteiger partial charge in [-0.2, -0.15) is 0 Å². The van der Waals surface area contributed by atoms with Crippen molar-refractivity contribution in [1.29, 1.82) is 0 Å². The lowest BCUT2D eigenvalue weighted by Gasteiger charge is -2.26. The Kier molecular flexibility index (Phi) is 5.76. The first kappa shape index (κ1) is 15.7. The van der Waals surface area contributed by atoms with Gasteiger partial charge in [0.15, 0.2) is 0 Å². The smallest absolute Gasteiger partial charge is 0.0639 e. The van der Waals surface area contributed by atoms with Crippen molar-refractivity contribution in [2.24, 2.45) is 0 Å². The van der Waals surface area contributed by atoms with Gasteiger partial charge in [0.2, 0.25) is 0 Å². The Bertz CT molecular complexity index is 586. The molecule has 0 unspecified atom stereocenters. The van der Waals surface area contributed by atoms with Crippen molar-refractivity contribution in [1.82, 2.24) is 0 Å². The monoisotopic (exact) mass is 371 g/mol. The second-order valence-electron chi connectivity index (χ2n) is 4.61. The molecule has 1 nitrogen and oxygen atoms in total. The van der Waals surface area contributed by atoms with E-state index >= 15 is 0 Å². The van der Waals surface area contributed by atoms with E-state index in [9.17, 15) is 0 Å². The Hall–Kier alpha value is -0.700. The zero-order valence-corrected chi connectivity index (χ0v) is 14.3. The molecule has 2 rings (SSSR count). The molecule has 0 fully saturated rings. The van der Waals surface area contributed by atoms with Crippen LogP contribution in [0.25, 0.3) is 0 Å². The fraction of sp³-hybridized carbons (Fsp3) is 0.250. The van der Waals surface area contributed by atoms with Crippen LogP contribution >= 0.6 is 39.1 Å². The summed E-state index contributed by atoms with van der Waals surface area (Å²) < 4.78 is 1.06. The normalized spacial score (nSPS) is 10.6. The molecular weight excluding hydrogens is 357 g/mol. The van der Waals surface area contributed by atoms with Crippen LogP contribution in [0.4, 0.5) is 5.69 Å². The number of para-hydroxylation sites is 1. The first-order chi connectivity index (χ1) is 9.61. The molecule has 0 amide bonds. The van der Waals surface area contributed by atoms with Crippen LogP contribution in [0.2, 0.25) is 10.0 Å². The second-order valence-corrected chi connectivity index (χ2v) is 6.31. The molecule has 2 aromatic rings. The average Bonchev–Trinajstić information content (AvgIpc) is 2.43. The third-order valence-corrected chi connectivity index (χ3v) is 4.38. The zero-order valence-electron chi connectivity index (χ0n) is 11.2. The second kappa shape index (κ2) is 7.35. The van der Waals surface area contributed by atoms with Crippen LogP contribution in [0, 0.1) is 0 Å². The lowest BCUT2D eigenvalue weighted by molar-refractivity contribution is 0.766. The van der Waals surface area contributed by atoms with Gasteiger partial charge < -0.3 is 4.90 Å². The third-order valence-electron chi connectivity index (χ3n) is 3.06. The van der Waals surface area contributed by atoms with Crippen LogP contribution in [0.5, 0.6) is 0 Å². The molecule has 0 radical (unpaired) electrons. The summed E-state index contributed by atoms with van der Waals surface area (Å²) >= 11 is 16.0. The van der Waals surface area contributed by atoms with Crippen LogP contribution in [-0.4, -0.2) is 6.54 Å². The quantitative estimate of drug-likeness (QED) is 0.606. The van der Waals surface area contributed by atoms with Gasteiger partial charge in [-0.15, -0.1) is 0 Å². The molecule has 0 aliphatic rings. The molecule has 0 atom stereocenters. The highest BCUT2D eigenvalue weighted by Gasteiger charge is 2.12. The van der Waals surface area contributed by atoms with Crippen molar-refractivity contribution in [3.8, 4) is 0 Å². The van der Waals surface area contributed by atoms with Crippen LogP contribution < -0.4 is 4.90 Å². The fourth-order valence-corrected chi connectivity index (χ4v) is 2.95. The summed E-state index contributed by atoms with van der Waals surface area (Å²) in [5.41, 5.74) is 2.22. The van der Waals surface area contributed by atoms with E-state index < -0.39 is 0 Å². The molecule has 0 aliphatic carbocycles. The summed E-state index contributed by atoms with van der Waals surface area (Å²) in [4.78, 5) is 2.28. The van der Waals surface area contributed by atoms with E-state index in [2.05, 4.69) is 33.8 Å². The van der Waals surface area contributed by atoms with E-state index in [1.165, 1.54) is 0 Å². The maximum absolute atomic E-state index is 6.31. The Morgan fingerprint density at radius 2 is 1.85 bits per heavy atom. The Labute approximate surface area is 138 Å². The van der Waals surface area contributed by atoms with Crippen molar-refractivity contribution in [2.45, 2.75) is 19.9 Å². The number of benzene rings is 2. The third kappa shape index (κ3) is 3.91. The van der Waals surface area contributed by atoms with E-state index in [-0.39, 0.29) is 0 Å². The number of nitrogens with zero attached hydrogens (tertiary/aromatic N) is 1. The molecule has 0 aromatic heterocycles. The van der Waals surface area contributed by atoms with Gasteiger partial charge in [-0.1, -0.05) is 58.2 Å². The SMILES string of the molecule is CCCN(Cc1cc(Cl)ccc1Br)c1ccccc1Cl. The summed E-state index contributed by atoms with van der Waals surface area (Å²) in [5, 5.41) is 1.53. The standard InChI is InChI=1S/C16H16BrCl2N/c1-2-9-20(16-6-4-3-5-15(16)19)11-12-10-13(18)7-8-14(12)17/h3-8,10H,2,9,11H2,1H3. The highest BCUT2D eigenvalue weighted by molar-refractivity contribution is 9.10. The van der Waals surface area contributed by atoms with E-state index in [1.807, 2.05) is 36.4 Å². The minimum absolute atomic E-state index is 0.749. The summed E-state index contributed by atoms with van der Waals surface area (Å²) in [6.07, 6.45) is 1.06. The van der Waals surface area contributed by atoms with Gasteiger partial charge in [0.25, 0.3) is 0 Å². The summed E-state index contributed by atoms with van der Waals surface area (Å²) in [6, 6.07) is 13.8. The molecule has 2 aromatic carbocycles. The fourth-order valence-electron chi connectivity index (χ4n) is 2.13. The number of hydrogen-bond acceptors (Lipinski definition) is 1. The van der Waals surface area contributed by atoms with Gasteiger partial charge >= 0.3 is 0 Å². The highest BCUT2D eigenvalue weighted by atomic mass is 79.9. The van der Waals surface area contributed by atoms with Crippen molar-refractivity contribution >= 4 is 44.8 Å². The maximum Gasteiger partial charge on any atom is 0.0639 e. The molecule has 20 heavy (non-hydrogen) atoms. The number of hydrogen-bond donors (Lipinski definition) is 0. The molecule has 0 heterocycles. The molecule has 0 N–H and O–H groups in total. The van der Waals surface area contributed by atoms with Crippen molar-refractivity contribution in [2.75, 3.05) is 11.4 Å². The average molecular weight is 373 g/mol. The van der Waals surface area contributed by atoms with E-state index in [4.69, 9.17) is 23.2 Å². The Balaban J connectivity index is 2.30. The molecule has 4 heteroatoms. The van der Waals surface area contributed by atoms with E-state index in [0.717, 1.165) is 45.3 Å². The number of anilines is 1. The maximum atomic E-state index is 6.31. The minimum atomic E-state index is 0.749. The summed E-state index contributed by atoms with van der Waals surface area (Å²) in [7, 11) is 0. The number of rotatable bonds is 5. The summed E-state index contributed by atoms with van der Waals surface area (Å²) in [6.45, 7) is 3.89. The molecule has 0 spiro atoms. The van der Waals surface area contributed by atoms with Gasteiger partial charge in [-0.05, 0) is 42.3 Å². The van der Waals surface area contributed by atoms with Crippen LogP contribution in [0.3, 0.4) is 0 Å². The van der Waals surface area contributed by atoms with Gasteiger partial charge in [-0.25, -0.2) is 0 Å². The predicted molar refractivity (Wildman–Crippen MR) is 91.9 cm³/mol. The van der Waals surface area contributed by atoms with Gasteiger partial charge in [0.05, 0.1) is 10.7 Å². The van der Waals surface area contributed by atoms with E-state index in [0.29, 0.717) is 0 Å². The lowest BCUT2D eigenvalue weighted by Crippen LogP contribution is -2.24. The molecule has 0 aliphatic heterocycles. The predicted octanol–water partition coefficient (Wildman–Crippen LogP) is 6.17. The first-order valence-electron chi connectivity index (χ1n) is 6.55. The highest BCUT2D eigenvalue weighted by Crippen LogP contribution is 2.29. The lowest BCUT2D eigenvalue weighted by atomic mass is 10.2. The van der Waals surface area contributed by atoms with Gasteiger partial charge in [0.1, 0.15) is 0 Å². The largest absolute Gasteiger partial charge is 0.366 e. The zero-order chi connectivity index (χ0) is 14.5. The Morgan fingerprint density at radius 1 is 1.10 bits per heavy atom. The van der Waals surface area contributed by atoms with E-state index in [1.54, 1.807) is 0 Å². The van der Waals surface area contributed by atoms with Crippen molar-refractivity contribution < 1.29 is 0 Å². The first-order valence-corrected chi connectivity index (χ1v) is 8.10. The molecule has 0 saturated heterocycles. The molecule has 0 saturated carbocycles. The minimum Gasteiger partial charge on any atom is -0.366 e. The molecular formula is C16H16BrCl2N. The van der Waals surface area contributed by atoms with Crippen LogP contribution in [-0.2, 0) is 6.54 Å². The summed E-state index contributed by atoms with van der Waals surface area (Å²) in [5.74, 6) is 0. The van der Waals surface area contributed by atoms with Gasteiger partial charge in [0, 0.05) is 22.6 Å². The topological polar surface area (TPSA) is 3.24 Å². The van der Waals surface area contributed by atoms with Crippen molar-refractivity contribution in [3.63, 3.8) is 0 Å². The van der Waals surface area contributed by atoms with Crippen LogP contribution in [0.15, 0.2) is 46.9 Å². The van der Waals surface area contributed by atoms with Crippen molar-refractivity contribution in [3.05, 3.63) is 62.5 Å².